The molecule has 26 heavy (non-hydrogen) atoms. The molecule has 5 heteroatoms. The number of amides is 1. The van der Waals surface area contributed by atoms with Crippen LogP contribution in [0.15, 0.2) is 60.7 Å². The van der Waals surface area contributed by atoms with Gasteiger partial charge in [0.2, 0.25) is 5.91 Å². The van der Waals surface area contributed by atoms with Crippen molar-refractivity contribution in [1.29, 1.82) is 0 Å². The molecule has 0 unspecified atom stereocenters. The molecule has 1 atom stereocenters. The van der Waals surface area contributed by atoms with Gasteiger partial charge in [-0.1, -0.05) is 60.1 Å². The van der Waals surface area contributed by atoms with E-state index < -0.39 is 0 Å². The van der Waals surface area contributed by atoms with Crippen LogP contribution >= 0.6 is 11.6 Å². The molecule has 1 aliphatic heterocycles. The van der Waals surface area contributed by atoms with Crippen molar-refractivity contribution in [3.63, 3.8) is 0 Å². The number of nitrogens with zero attached hydrogens (tertiary/aromatic N) is 1. The summed E-state index contributed by atoms with van der Waals surface area (Å²) in [5.41, 5.74) is 1.92. The molecule has 3 rings (SSSR count). The average molecular weight is 371 g/mol. The second-order valence-corrected chi connectivity index (χ2v) is 6.65. The van der Waals surface area contributed by atoms with Gasteiger partial charge in [0.15, 0.2) is 0 Å². The first-order valence-electron chi connectivity index (χ1n) is 8.80. The minimum absolute atomic E-state index is 0.0716. The van der Waals surface area contributed by atoms with Gasteiger partial charge >= 0.3 is 0 Å². The molecule has 2 aromatic rings. The zero-order valence-electron chi connectivity index (χ0n) is 14.6. The fourth-order valence-electron chi connectivity index (χ4n) is 2.96. The third-order valence-electron chi connectivity index (χ3n) is 4.38. The van der Waals surface area contributed by atoms with Crippen molar-refractivity contribution in [2.24, 2.45) is 0 Å². The van der Waals surface area contributed by atoms with Crippen LogP contribution < -0.4 is 5.32 Å². The van der Waals surface area contributed by atoms with E-state index in [1.54, 1.807) is 6.08 Å². The van der Waals surface area contributed by atoms with Gasteiger partial charge in [0, 0.05) is 30.7 Å². The fourth-order valence-corrected chi connectivity index (χ4v) is 3.16. The molecule has 0 aliphatic carbocycles. The minimum atomic E-state index is -0.132. The van der Waals surface area contributed by atoms with Gasteiger partial charge < -0.3 is 10.1 Å². The number of halogens is 1. The molecule has 136 valence electrons. The lowest BCUT2D eigenvalue weighted by Crippen LogP contribution is -2.42. The molecule has 0 spiro atoms. The quantitative estimate of drug-likeness (QED) is 0.791. The zero-order valence-corrected chi connectivity index (χ0v) is 15.4. The Labute approximate surface area is 159 Å². The van der Waals surface area contributed by atoms with Crippen molar-refractivity contribution >= 4 is 23.6 Å². The van der Waals surface area contributed by atoms with Crippen molar-refractivity contribution in [3.05, 3.63) is 76.8 Å². The summed E-state index contributed by atoms with van der Waals surface area (Å²) in [6.45, 7) is 4.01. The third-order valence-corrected chi connectivity index (χ3v) is 4.73. The molecule has 1 N–H and O–H groups in total. The van der Waals surface area contributed by atoms with Crippen LogP contribution in [0.4, 0.5) is 0 Å². The number of hydrogen-bond donors (Lipinski definition) is 1. The lowest BCUT2D eigenvalue weighted by molar-refractivity contribution is -0.117. The molecular weight excluding hydrogens is 348 g/mol. The van der Waals surface area contributed by atoms with Crippen molar-refractivity contribution < 1.29 is 9.53 Å². The van der Waals surface area contributed by atoms with Gasteiger partial charge in [-0.25, -0.2) is 0 Å². The Morgan fingerprint density at radius 3 is 2.54 bits per heavy atom. The summed E-state index contributed by atoms with van der Waals surface area (Å²) in [5.74, 6) is -0.132. The fraction of sp³-hybridized carbons (Fsp3) is 0.286. The van der Waals surface area contributed by atoms with Gasteiger partial charge in [-0.15, -0.1) is 0 Å². The number of carbonyl (C=O) groups excluding carboxylic acids is 1. The molecule has 4 nitrogen and oxygen atoms in total. The van der Waals surface area contributed by atoms with Crippen LogP contribution in [0.5, 0.6) is 0 Å². The van der Waals surface area contributed by atoms with E-state index in [-0.39, 0.29) is 11.9 Å². The van der Waals surface area contributed by atoms with Gasteiger partial charge in [0.1, 0.15) is 0 Å². The molecule has 1 saturated heterocycles. The average Bonchev–Trinajstić information content (AvgIpc) is 2.68. The second kappa shape index (κ2) is 9.53. The largest absolute Gasteiger partial charge is 0.379 e. The van der Waals surface area contributed by atoms with E-state index in [2.05, 4.69) is 10.2 Å². The first-order valence-corrected chi connectivity index (χ1v) is 9.18. The maximum Gasteiger partial charge on any atom is 0.244 e. The summed E-state index contributed by atoms with van der Waals surface area (Å²) >= 11 is 6.14. The van der Waals surface area contributed by atoms with Crippen LogP contribution in [0.25, 0.3) is 6.08 Å². The van der Waals surface area contributed by atoms with Gasteiger partial charge in [0.25, 0.3) is 0 Å². The Balaban J connectivity index is 1.68. The van der Waals surface area contributed by atoms with Crippen molar-refractivity contribution in [2.45, 2.75) is 6.04 Å². The van der Waals surface area contributed by atoms with Gasteiger partial charge in [-0.2, -0.15) is 0 Å². The molecule has 1 amide bonds. The number of morpholine rings is 1. The highest BCUT2D eigenvalue weighted by molar-refractivity contribution is 6.32. The van der Waals surface area contributed by atoms with E-state index in [9.17, 15) is 4.79 Å². The predicted molar refractivity (Wildman–Crippen MR) is 105 cm³/mol. The second-order valence-electron chi connectivity index (χ2n) is 6.24. The highest BCUT2D eigenvalue weighted by Gasteiger charge is 2.19. The third kappa shape index (κ3) is 5.43. The Hall–Kier alpha value is -2.14. The van der Waals surface area contributed by atoms with E-state index in [0.29, 0.717) is 5.02 Å². The van der Waals surface area contributed by atoms with Crippen molar-refractivity contribution in [3.8, 4) is 0 Å². The summed E-state index contributed by atoms with van der Waals surface area (Å²) in [6.07, 6.45) is 3.28. The molecule has 1 aliphatic rings. The Morgan fingerprint density at radius 2 is 1.81 bits per heavy atom. The highest BCUT2D eigenvalue weighted by Crippen LogP contribution is 2.17. The molecule has 0 bridgehead atoms. The molecular formula is C21H23ClN2O2. The van der Waals surface area contributed by atoms with Gasteiger partial charge in [-0.05, 0) is 23.3 Å². The van der Waals surface area contributed by atoms with E-state index in [0.717, 1.165) is 44.0 Å². The maximum atomic E-state index is 12.5. The highest BCUT2D eigenvalue weighted by atomic mass is 35.5. The summed E-state index contributed by atoms with van der Waals surface area (Å²) in [7, 11) is 0. The summed E-state index contributed by atoms with van der Waals surface area (Å²) in [6, 6.07) is 17.4. The van der Waals surface area contributed by atoms with E-state index in [4.69, 9.17) is 16.3 Å². The van der Waals surface area contributed by atoms with Crippen LogP contribution in [0.1, 0.15) is 17.2 Å². The zero-order chi connectivity index (χ0) is 18.2. The molecule has 0 saturated carbocycles. The molecule has 1 heterocycles. The SMILES string of the molecule is O=C(/C=C/c1ccccc1Cl)N[C@@H](CN1CCOCC1)c1ccccc1. The smallest absolute Gasteiger partial charge is 0.244 e. The first kappa shape index (κ1) is 18.6. The Bertz CT molecular complexity index is 743. The van der Waals surface area contributed by atoms with E-state index in [1.807, 2.05) is 54.6 Å². The topological polar surface area (TPSA) is 41.6 Å². The minimum Gasteiger partial charge on any atom is -0.379 e. The van der Waals surface area contributed by atoms with Crippen LogP contribution in [0.3, 0.4) is 0 Å². The van der Waals surface area contributed by atoms with Crippen LogP contribution in [0.2, 0.25) is 5.02 Å². The van der Waals surface area contributed by atoms with Crippen molar-refractivity contribution in [1.82, 2.24) is 10.2 Å². The lowest BCUT2D eigenvalue weighted by atomic mass is 10.1. The van der Waals surface area contributed by atoms with Crippen LogP contribution in [-0.4, -0.2) is 43.7 Å². The lowest BCUT2D eigenvalue weighted by Gasteiger charge is -2.31. The summed E-state index contributed by atoms with van der Waals surface area (Å²) < 4.78 is 5.41. The van der Waals surface area contributed by atoms with Crippen molar-refractivity contribution in [2.75, 3.05) is 32.8 Å². The summed E-state index contributed by atoms with van der Waals surface area (Å²) in [4.78, 5) is 14.8. The Kier molecular flexibility index (Phi) is 6.83. The number of carbonyl (C=O) groups is 1. The number of ether oxygens (including phenoxy) is 1. The maximum absolute atomic E-state index is 12.5. The number of rotatable bonds is 6. The predicted octanol–water partition coefficient (Wildman–Crippen LogP) is 3.54. The molecule has 1 fully saturated rings. The van der Waals surface area contributed by atoms with Crippen LogP contribution in [-0.2, 0) is 9.53 Å². The van der Waals surface area contributed by atoms with Gasteiger partial charge in [-0.3, -0.25) is 9.69 Å². The Morgan fingerprint density at radius 1 is 1.12 bits per heavy atom. The standard InChI is InChI=1S/C21H23ClN2O2/c22-19-9-5-4-6-17(19)10-11-21(25)23-20(18-7-2-1-3-8-18)16-24-12-14-26-15-13-24/h1-11,20H,12-16H2,(H,23,25)/b11-10+/t20-/m0/s1. The molecule has 0 radical (unpaired) electrons. The monoisotopic (exact) mass is 370 g/mol. The number of nitrogens with one attached hydrogen (secondary N) is 1. The molecule has 0 aromatic heterocycles. The van der Waals surface area contributed by atoms with E-state index >= 15 is 0 Å². The number of benzene rings is 2. The molecule has 2 aromatic carbocycles. The van der Waals surface area contributed by atoms with Crippen LogP contribution in [0, 0.1) is 0 Å². The normalized spacial score (nSPS) is 16.5. The van der Waals surface area contributed by atoms with E-state index in [1.165, 1.54) is 6.08 Å². The van der Waals surface area contributed by atoms with Gasteiger partial charge in [0.05, 0.1) is 19.3 Å². The number of hydrogen-bond acceptors (Lipinski definition) is 3. The summed E-state index contributed by atoms with van der Waals surface area (Å²) in [5, 5.41) is 3.75. The first-order chi connectivity index (χ1) is 12.7.